The first-order valence-corrected chi connectivity index (χ1v) is 13.6. The Labute approximate surface area is 222 Å². The molecule has 38 heavy (non-hydrogen) atoms. The first-order valence-electron chi connectivity index (χ1n) is 13.6. The van der Waals surface area contributed by atoms with Crippen LogP contribution in [0.5, 0.6) is 0 Å². The van der Waals surface area contributed by atoms with Gasteiger partial charge in [-0.2, -0.15) is 0 Å². The highest BCUT2D eigenvalue weighted by Crippen LogP contribution is 2.29. The molecular weight excluding hydrogens is 478 g/mol. The lowest BCUT2D eigenvalue weighted by Crippen LogP contribution is -2.48. The zero-order chi connectivity index (χ0) is 26.1. The summed E-state index contributed by atoms with van der Waals surface area (Å²) < 4.78 is 7.73. The number of nitrogens with zero attached hydrogens (tertiary/aromatic N) is 6. The second-order valence-corrected chi connectivity index (χ2v) is 10.6. The van der Waals surface area contributed by atoms with Crippen molar-refractivity contribution in [2.45, 2.75) is 51.9 Å². The van der Waals surface area contributed by atoms with Crippen LogP contribution in [0.1, 0.15) is 47.0 Å². The van der Waals surface area contributed by atoms with Crippen LogP contribution in [0, 0.1) is 13.8 Å². The Morgan fingerprint density at radius 1 is 1.05 bits per heavy atom. The van der Waals surface area contributed by atoms with Gasteiger partial charge >= 0.3 is 0 Å². The van der Waals surface area contributed by atoms with E-state index in [1.54, 1.807) is 0 Å². The van der Waals surface area contributed by atoms with Gasteiger partial charge in [0.1, 0.15) is 6.04 Å². The van der Waals surface area contributed by atoms with Crippen molar-refractivity contribution in [2.24, 2.45) is 0 Å². The van der Waals surface area contributed by atoms with Gasteiger partial charge in [0, 0.05) is 50.4 Å². The van der Waals surface area contributed by atoms with E-state index in [0.29, 0.717) is 17.9 Å². The number of tetrazole rings is 1. The number of fused-ring (bicyclic) bond motifs is 1. The molecule has 9 nitrogen and oxygen atoms in total. The molecule has 0 saturated carbocycles. The average molecular weight is 514 g/mol. The number of nitrogens with one attached hydrogen (secondary N) is 1. The quantitative estimate of drug-likeness (QED) is 0.406. The van der Waals surface area contributed by atoms with Crippen LogP contribution < -0.4 is 5.56 Å². The molecule has 2 saturated heterocycles. The second-order valence-electron chi connectivity index (χ2n) is 10.6. The molecule has 2 aliphatic heterocycles. The van der Waals surface area contributed by atoms with Crippen LogP contribution >= 0.6 is 0 Å². The maximum Gasteiger partial charge on any atom is 0.253 e. The van der Waals surface area contributed by atoms with Gasteiger partial charge in [0.25, 0.3) is 5.56 Å². The van der Waals surface area contributed by atoms with E-state index >= 15 is 0 Å². The van der Waals surface area contributed by atoms with Crippen LogP contribution in [-0.4, -0.2) is 73.9 Å². The summed E-state index contributed by atoms with van der Waals surface area (Å²) in [5.41, 5.74) is 5.11. The summed E-state index contributed by atoms with van der Waals surface area (Å²) in [5, 5.41) is 13.9. The van der Waals surface area contributed by atoms with Crippen molar-refractivity contribution in [1.29, 1.82) is 0 Å². The molecule has 0 unspecified atom stereocenters. The van der Waals surface area contributed by atoms with Gasteiger partial charge in [-0.15, -0.1) is 5.10 Å². The molecule has 2 aromatic carbocycles. The van der Waals surface area contributed by atoms with E-state index in [2.05, 4.69) is 86.6 Å². The Morgan fingerprint density at radius 2 is 1.84 bits per heavy atom. The highest BCUT2D eigenvalue weighted by molar-refractivity contribution is 5.81. The van der Waals surface area contributed by atoms with Crippen molar-refractivity contribution in [3.05, 3.63) is 87.0 Å². The normalized spacial score (nSPS) is 19.8. The molecule has 2 aliphatic rings. The Bertz CT molecular complexity index is 1450. The number of aryl methyl sites for hydroxylation is 2. The van der Waals surface area contributed by atoms with E-state index in [-0.39, 0.29) is 17.7 Å². The van der Waals surface area contributed by atoms with Crippen molar-refractivity contribution in [3.8, 4) is 0 Å². The fourth-order valence-corrected chi connectivity index (χ4v) is 5.74. The molecule has 4 aromatic rings. The molecule has 2 fully saturated rings. The molecule has 4 heterocycles. The van der Waals surface area contributed by atoms with Gasteiger partial charge in [-0.1, -0.05) is 30.3 Å². The monoisotopic (exact) mass is 513 g/mol. The average Bonchev–Trinajstić information content (AvgIpc) is 3.60. The Hall–Kier alpha value is -3.40. The van der Waals surface area contributed by atoms with Crippen LogP contribution in [0.25, 0.3) is 10.9 Å². The van der Waals surface area contributed by atoms with Crippen molar-refractivity contribution in [1.82, 2.24) is 35.0 Å². The molecule has 0 amide bonds. The van der Waals surface area contributed by atoms with Crippen molar-refractivity contribution in [3.63, 3.8) is 0 Å². The second kappa shape index (κ2) is 10.8. The molecule has 1 N–H and O–H groups in total. The summed E-state index contributed by atoms with van der Waals surface area (Å²) in [6.07, 6.45) is 2.15. The lowest BCUT2D eigenvalue weighted by molar-refractivity contribution is 0.0840. The van der Waals surface area contributed by atoms with Crippen LogP contribution in [0.4, 0.5) is 0 Å². The molecule has 2 atom stereocenters. The zero-order valence-electron chi connectivity index (χ0n) is 22.1. The summed E-state index contributed by atoms with van der Waals surface area (Å²) >= 11 is 0. The van der Waals surface area contributed by atoms with E-state index in [1.165, 1.54) is 11.1 Å². The molecule has 0 aliphatic carbocycles. The molecule has 9 heteroatoms. The Kier molecular flexibility index (Phi) is 7.06. The van der Waals surface area contributed by atoms with E-state index < -0.39 is 0 Å². The lowest BCUT2D eigenvalue weighted by Gasteiger charge is -2.38. The minimum absolute atomic E-state index is 0.0934. The van der Waals surface area contributed by atoms with Gasteiger partial charge in [0.2, 0.25) is 0 Å². The minimum Gasteiger partial charge on any atom is -0.376 e. The Balaban J connectivity index is 1.34. The molecular formula is C29H35N7O2. The largest absolute Gasteiger partial charge is 0.376 e. The van der Waals surface area contributed by atoms with E-state index in [0.717, 1.165) is 68.6 Å². The third-order valence-corrected chi connectivity index (χ3v) is 8.01. The number of aromatic amines is 1. The maximum absolute atomic E-state index is 13.6. The van der Waals surface area contributed by atoms with Gasteiger partial charge in [-0.05, 0) is 77.4 Å². The van der Waals surface area contributed by atoms with E-state index in [4.69, 9.17) is 4.74 Å². The first-order chi connectivity index (χ1) is 18.5. The predicted octanol–water partition coefficient (Wildman–Crippen LogP) is 3.22. The summed E-state index contributed by atoms with van der Waals surface area (Å²) in [6, 6.07) is 16.5. The minimum atomic E-state index is -0.347. The number of rotatable bonds is 7. The number of ether oxygens (including phenoxy) is 1. The van der Waals surface area contributed by atoms with Crippen LogP contribution in [0.3, 0.4) is 0 Å². The number of hydrogen-bond acceptors (Lipinski definition) is 7. The number of benzene rings is 2. The topological polar surface area (TPSA) is 92.2 Å². The Morgan fingerprint density at radius 3 is 2.61 bits per heavy atom. The first kappa shape index (κ1) is 24.9. The predicted molar refractivity (Wildman–Crippen MR) is 146 cm³/mol. The summed E-state index contributed by atoms with van der Waals surface area (Å²) in [5.74, 6) is 0.700. The number of pyridine rings is 1. The third-order valence-electron chi connectivity index (χ3n) is 8.01. The molecule has 6 rings (SSSR count). The van der Waals surface area contributed by atoms with Crippen LogP contribution in [0.2, 0.25) is 0 Å². The molecule has 0 bridgehead atoms. The fourth-order valence-electron chi connectivity index (χ4n) is 5.74. The van der Waals surface area contributed by atoms with Gasteiger partial charge < -0.3 is 9.72 Å². The van der Waals surface area contributed by atoms with Crippen molar-refractivity contribution >= 4 is 10.9 Å². The maximum atomic E-state index is 13.6. The molecule has 0 spiro atoms. The highest BCUT2D eigenvalue weighted by atomic mass is 16.5. The number of hydrogen-bond donors (Lipinski definition) is 1. The highest BCUT2D eigenvalue weighted by Gasteiger charge is 2.33. The summed E-state index contributed by atoms with van der Waals surface area (Å²) in [4.78, 5) is 21.5. The molecule has 2 aromatic heterocycles. The van der Waals surface area contributed by atoms with Gasteiger partial charge in [-0.25, -0.2) is 4.68 Å². The van der Waals surface area contributed by atoms with Crippen molar-refractivity contribution in [2.75, 3.05) is 32.8 Å². The lowest BCUT2D eigenvalue weighted by atomic mass is 10.00. The fraction of sp³-hybridized carbons (Fsp3) is 0.448. The summed E-state index contributed by atoms with van der Waals surface area (Å²) in [6.45, 7) is 9.90. The molecule has 198 valence electrons. The standard InChI is InChI=1S/C29H35N7O2/c1-20-15-23-17-25(29(37)30-26(23)16-21(20)2)27(28-31-32-33-36(28)19-24-9-6-14-38-24)35-12-10-34(11-13-35)18-22-7-4-3-5-8-22/h3-5,7-8,15-17,24,27H,6,9-14,18-19H2,1-2H3,(H,30,37)/t24-,27-/m1/s1. The third kappa shape index (κ3) is 5.14. The van der Waals surface area contributed by atoms with Gasteiger partial charge in [0.05, 0.1) is 12.6 Å². The van der Waals surface area contributed by atoms with Gasteiger partial charge in [0.15, 0.2) is 5.82 Å². The summed E-state index contributed by atoms with van der Waals surface area (Å²) in [7, 11) is 0. The van der Waals surface area contributed by atoms with Crippen LogP contribution in [0.15, 0.2) is 53.3 Å². The van der Waals surface area contributed by atoms with Crippen LogP contribution in [-0.2, 0) is 17.8 Å². The molecule has 0 radical (unpaired) electrons. The SMILES string of the molecule is Cc1cc2cc([C@H](c3nnnn3C[C@H]3CCCO3)N3CCN(Cc4ccccc4)CC3)c(=O)[nH]c2cc1C. The zero-order valence-corrected chi connectivity index (χ0v) is 22.1. The number of piperazine rings is 1. The number of H-pyrrole nitrogens is 1. The number of aromatic nitrogens is 5. The van der Waals surface area contributed by atoms with Crippen molar-refractivity contribution < 1.29 is 4.74 Å². The van der Waals surface area contributed by atoms with E-state index in [9.17, 15) is 4.79 Å². The van der Waals surface area contributed by atoms with E-state index in [1.807, 2.05) is 10.7 Å². The van der Waals surface area contributed by atoms with Gasteiger partial charge in [-0.3, -0.25) is 14.6 Å². The smallest absolute Gasteiger partial charge is 0.253 e.